The van der Waals surface area contributed by atoms with Gasteiger partial charge in [0, 0.05) is 29.8 Å². The average molecular weight is 440 g/mol. The lowest BCUT2D eigenvalue weighted by Crippen LogP contribution is -2.17. The van der Waals surface area contributed by atoms with Crippen molar-refractivity contribution in [2.45, 2.75) is 31.7 Å². The van der Waals surface area contributed by atoms with E-state index in [0.29, 0.717) is 5.56 Å². The van der Waals surface area contributed by atoms with Crippen LogP contribution in [0.2, 0.25) is 0 Å². The van der Waals surface area contributed by atoms with Gasteiger partial charge in [0.05, 0.1) is 10.5 Å². The van der Waals surface area contributed by atoms with Crippen molar-refractivity contribution in [1.82, 2.24) is 4.57 Å². The number of rotatable bonds is 8. The third-order valence-electron chi connectivity index (χ3n) is 5.18. The van der Waals surface area contributed by atoms with Crippen LogP contribution in [0.25, 0.3) is 0 Å². The quantitative estimate of drug-likeness (QED) is 0.394. The fourth-order valence-electron chi connectivity index (χ4n) is 3.56. The van der Waals surface area contributed by atoms with E-state index in [4.69, 9.17) is 4.74 Å². The van der Waals surface area contributed by atoms with E-state index in [0.717, 1.165) is 30.6 Å². The second-order valence-electron chi connectivity index (χ2n) is 7.44. The van der Waals surface area contributed by atoms with E-state index in [1.807, 2.05) is 32.0 Å². The zero-order chi connectivity index (χ0) is 22.6. The first-order chi connectivity index (χ1) is 14.7. The van der Waals surface area contributed by atoms with Crippen molar-refractivity contribution in [1.29, 1.82) is 0 Å². The van der Waals surface area contributed by atoms with Gasteiger partial charge in [0.25, 0.3) is 0 Å². The number of carbonyl (C=O) groups is 2. The van der Waals surface area contributed by atoms with E-state index in [-0.39, 0.29) is 16.2 Å². The van der Waals surface area contributed by atoms with Crippen LogP contribution in [0.1, 0.15) is 37.7 Å². The maximum absolute atomic E-state index is 12.7. The first-order valence-corrected chi connectivity index (χ1v) is 11.8. The number of carbonyl (C=O) groups excluding carboxylic acids is 2. The molecule has 0 aliphatic heterocycles. The predicted molar refractivity (Wildman–Crippen MR) is 118 cm³/mol. The van der Waals surface area contributed by atoms with Gasteiger partial charge in [0.1, 0.15) is 0 Å². The van der Waals surface area contributed by atoms with Crippen molar-refractivity contribution < 1.29 is 22.7 Å². The SMILES string of the molecule is Cc1cc(C(=O)COC(=O)c2ccccc2S(C)(=O)=O)c(C)n1CCc1ccccc1. The predicted octanol–water partition coefficient (Wildman–Crippen LogP) is 3.79. The highest BCUT2D eigenvalue weighted by atomic mass is 32.2. The molecule has 0 aliphatic rings. The van der Waals surface area contributed by atoms with Crippen LogP contribution in [0.4, 0.5) is 0 Å². The van der Waals surface area contributed by atoms with Crippen LogP contribution in [-0.4, -0.2) is 37.6 Å². The van der Waals surface area contributed by atoms with E-state index in [2.05, 4.69) is 16.7 Å². The van der Waals surface area contributed by atoms with Gasteiger partial charge in [-0.2, -0.15) is 0 Å². The molecule has 0 radical (unpaired) electrons. The van der Waals surface area contributed by atoms with Crippen molar-refractivity contribution in [3.05, 3.63) is 88.7 Å². The van der Waals surface area contributed by atoms with E-state index < -0.39 is 22.4 Å². The molecule has 0 spiro atoms. The van der Waals surface area contributed by atoms with Crippen LogP contribution >= 0.6 is 0 Å². The molecule has 0 unspecified atom stereocenters. The summed E-state index contributed by atoms with van der Waals surface area (Å²) in [6, 6.07) is 17.7. The van der Waals surface area contributed by atoms with Crippen LogP contribution in [0.15, 0.2) is 65.6 Å². The molecule has 0 saturated carbocycles. The summed E-state index contributed by atoms with van der Waals surface area (Å²) < 4.78 is 31.0. The summed E-state index contributed by atoms with van der Waals surface area (Å²) in [5, 5.41) is 0. The van der Waals surface area contributed by atoms with E-state index in [9.17, 15) is 18.0 Å². The summed E-state index contributed by atoms with van der Waals surface area (Å²) >= 11 is 0. The number of esters is 1. The topological polar surface area (TPSA) is 82.4 Å². The monoisotopic (exact) mass is 439 g/mol. The van der Waals surface area contributed by atoms with Crippen molar-refractivity contribution >= 4 is 21.6 Å². The number of benzene rings is 2. The summed E-state index contributed by atoms with van der Waals surface area (Å²) in [7, 11) is -3.60. The highest BCUT2D eigenvalue weighted by Crippen LogP contribution is 2.19. The summed E-state index contributed by atoms with van der Waals surface area (Å²) in [6.45, 7) is 4.07. The molecule has 0 saturated heterocycles. The molecule has 3 aromatic rings. The normalized spacial score (nSPS) is 11.3. The minimum absolute atomic E-state index is 0.0777. The van der Waals surface area contributed by atoms with Crippen LogP contribution in [-0.2, 0) is 27.5 Å². The Morgan fingerprint density at radius 1 is 0.935 bits per heavy atom. The molecule has 0 amide bonds. The van der Waals surface area contributed by atoms with Gasteiger partial charge in [-0.25, -0.2) is 13.2 Å². The standard InChI is InChI=1S/C24H25NO5S/c1-17-15-21(18(2)25(17)14-13-19-9-5-4-6-10-19)22(26)16-30-24(27)20-11-7-8-12-23(20)31(3,28)29/h4-12,15H,13-14,16H2,1-3H3. The van der Waals surface area contributed by atoms with Crippen molar-refractivity contribution in [3.63, 3.8) is 0 Å². The molecule has 0 atom stereocenters. The average Bonchev–Trinajstić information content (AvgIpc) is 3.04. The second kappa shape index (κ2) is 9.31. The lowest BCUT2D eigenvalue weighted by atomic mass is 10.1. The second-order valence-corrected chi connectivity index (χ2v) is 9.42. The van der Waals surface area contributed by atoms with Gasteiger partial charge in [0.15, 0.2) is 16.4 Å². The summed E-state index contributed by atoms with van der Waals surface area (Å²) in [6.07, 6.45) is 1.86. The Morgan fingerprint density at radius 3 is 2.26 bits per heavy atom. The number of Topliss-reactive ketones (excluding diaryl/α,β-unsaturated/α-hetero) is 1. The Bertz CT molecular complexity index is 1210. The van der Waals surface area contributed by atoms with Crippen molar-refractivity contribution in [3.8, 4) is 0 Å². The maximum atomic E-state index is 12.7. The molecule has 0 fully saturated rings. The van der Waals surface area contributed by atoms with Crippen LogP contribution in [0, 0.1) is 13.8 Å². The molecule has 162 valence electrons. The van der Waals surface area contributed by atoms with Crippen LogP contribution in [0.3, 0.4) is 0 Å². The molecule has 1 aromatic heterocycles. The van der Waals surface area contributed by atoms with Crippen molar-refractivity contribution in [2.24, 2.45) is 0 Å². The smallest absolute Gasteiger partial charge is 0.339 e. The minimum atomic E-state index is -3.60. The van der Waals surface area contributed by atoms with Crippen molar-refractivity contribution in [2.75, 3.05) is 12.9 Å². The van der Waals surface area contributed by atoms with Gasteiger partial charge in [-0.3, -0.25) is 4.79 Å². The molecule has 31 heavy (non-hydrogen) atoms. The number of ether oxygens (including phenoxy) is 1. The molecule has 7 heteroatoms. The van der Waals surface area contributed by atoms with Gasteiger partial charge in [-0.1, -0.05) is 42.5 Å². The molecule has 0 aliphatic carbocycles. The fraction of sp³-hybridized carbons (Fsp3) is 0.250. The Labute approximate surface area is 182 Å². The molecule has 1 heterocycles. The first-order valence-electron chi connectivity index (χ1n) is 9.88. The molecular formula is C24H25NO5S. The largest absolute Gasteiger partial charge is 0.454 e. The molecular weight excluding hydrogens is 414 g/mol. The summed E-state index contributed by atoms with van der Waals surface area (Å²) in [5.74, 6) is -1.17. The van der Waals surface area contributed by atoms with Gasteiger partial charge in [-0.15, -0.1) is 0 Å². The molecule has 2 aromatic carbocycles. The third kappa shape index (κ3) is 5.30. The first kappa shape index (κ1) is 22.5. The Hall–Kier alpha value is -3.19. The minimum Gasteiger partial charge on any atom is -0.454 e. The number of aryl methyl sites for hydroxylation is 2. The zero-order valence-electron chi connectivity index (χ0n) is 17.8. The number of sulfone groups is 1. The lowest BCUT2D eigenvalue weighted by molar-refractivity contribution is 0.0470. The highest BCUT2D eigenvalue weighted by molar-refractivity contribution is 7.90. The Morgan fingerprint density at radius 2 is 1.58 bits per heavy atom. The number of hydrogen-bond donors (Lipinski definition) is 0. The highest BCUT2D eigenvalue weighted by Gasteiger charge is 2.22. The van der Waals surface area contributed by atoms with Gasteiger partial charge < -0.3 is 9.30 Å². The number of aromatic nitrogens is 1. The van der Waals surface area contributed by atoms with E-state index in [1.165, 1.54) is 23.8 Å². The van der Waals surface area contributed by atoms with Gasteiger partial charge in [0.2, 0.25) is 5.78 Å². The number of ketones is 1. The molecule has 3 rings (SSSR count). The fourth-order valence-corrected chi connectivity index (χ4v) is 4.43. The Kier molecular flexibility index (Phi) is 6.75. The van der Waals surface area contributed by atoms with Gasteiger partial charge in [-0.05, 0) is 44.0 Å². The summed E-state index contributed by atoms with van der Waals surface area (Å²) in [4.78, 5) is 25.0. The number of nitrogens with zero attached hydrogens (tertiary/aromatic N) is 1. The Balaban J connectivity index is 1.70. The number of hydrogen-bond acceptors (Lipinski definition) is 5. The lowest BCUT2D eigenvalue weighted by Gasteiger charge is -2.10. The maximum Gasteiger partial charge on any atom is 0.339 e. The molecule has 6 nitrogen and oxygen atoms in total. The zero-order valence-corrected chi connectivity index (χ0v) is 18.6. The van der Waals surface area contributed by atoms with E-state index >= 15 is 0 Å². The van der Waals surface area contributed by atoms with E-state index in [1.54, 1.807) is 12.1 Å². The van der Waals surface area contributed by atoms with Crippen LogP contribution < -0.4 is 0 Å². The van der Waals surface area contributed by atoms with Gasteiger partial charge >= 0.3 is 5.97 Å². The molecule has 0 N–H and O–H groups in total. The summed E-state index contributed by atoms with van der Waals surface area (Å²) in [5.41, 5.74) is 3.39. The third-order valence-corrected chi connectivity index (χ3v) is 6.34. The van der Waals surface area contributed by atoms with Crippen LogP contribution in [0.5, 0.6) is 0 Å². The molecule has 0 bridgehead atoms.